The van der Waals surface area contributed by atoms with Gasteiger partial charge in [0.1, 0.15) is 5.82 Å². The largest absolute Gasteiger partial charge is 0.323 e. The molecular formula is C25H26FN3O. The number of halogens is 1. The molecule has 2 aliphatic carbocycles. The highest BCUT2D eigenvalue weighted by molar-refractivity contribution is 6.02. The van der Waals surface area contributed by atoms with Gasteiger partial charge < -0.3 is 5.32 Å². The summed E-state index contributed by atoms with van der Waals surface area (Å²) in [5, 5.41) is 2.87. The summed E-state index contributed by atoms with van der Waals surface area (Å²) in [6.07, 6.45) is 1.53. The third kappa shape index (κ3) is 2.13. The second-order valence-electron chi connectivity index (χ2n) is 9.64. The molecule has 154 valence electrons. The Morgan fingerprint density at radius 3 is 2.20 bits per heavy atom. The molecule has 5 heteroatoms. The van der Waals surface area contributed by atoms with Crippen molar-refractivity contribution in [1.82, 2.24) is 9.97 Å². The molecule has 0 radical (unpaired) electrons. The maximum absolute atomic E-state index is 14.3. The number of fused-ring (bicyclic) bond motifs is 6. The van der Waals surface area contributed by atoms with E-state index in [0.29, 0.717) is 6.42 Å². The first-order valence-corrected chi connectivity index (χ1v) is 10.5. The van der Waals surface area contributed by atoms with Crippen LogP contribution in [0.15, 0.2) is 36.4 Å². The predicted octanol–water partition coefficient (Wildman–Crippen LogP) is 5.35. The summed E-state index contributed by atoms with van der Waals surface area (Å²) < 4.78 is 14.3. The molecule has 1 heterocycles. The molecule has 0 spiro atoms. The Kier molecular flexibility index (Phi) is 3.75. The predicted molar refractivity (Wildman–Crippen MR) is 116 cm³/mol. The number of hydrogen-bond acceptors (Lipinski definition) is 3. The lowest BCUT2D eigenvalue weighted by molar-refractivity contribution is -0.125. The SMILES string of the molecule is Cc1cc2nc3c(nc2cc1C)C1(C(=O)Nc2ccccc2F)CCC3(C)C1(C)C. The van der Waals surface area contributed by atoms with Gasteiger partial charge in [-0.25, -0.2) is 14.4 Å². The van der Waals surface area contributed by atoms with E-state index < -0.39 is 16.6 Å². The number of para-hydroxylation sites is 1. The van der Waals surface area contributed by atoms with E-state index in [9.17, 15) is 9.18 Å². The molecule has 2 atom stereocenters. The summed E-state index contributed by atoms with van der Waals surface area (Å²) in [5.74, 6) is -0.632. The van der Waals surface area contributed by atoms with Crippen LogP contribution in [0.4, 0.5) is 10.1 Å². The van der Waals surface area contributed by atoms with Gasteiger partial charge in [0.25, 0.3) is 0 Å². The van der Waals surface area contributed by atoms with Crippen molar-refractivity contribution in [2.75, 3.05) is 5.32 Å². The highest BCUT2D eigenvalue weighted by Gasteiger charge is 2.73. The number of carbonyl (C=O) groups is 1. The fraction of sp³-hybridized carbons (Fsp3) is 0.400. The standard InChI is InChI=1S/C25H26FN3O/c1-14-12-18-19(13-15(14)2)28-21-20(27-18)24(5)10-11-25(21,23(24,3)4)22(30)29-17-9-7-6-8-16(17)26/h6-9,12-13H,10-11H2,1-5H3,(H,29,30). The second kappa shape index (κ2) is 5.87. The van der Waals surface area contributed by atoms with Crippen LogP contribution < -0.4 is 5.32 Å². The highest BCUT2D eigenvalue weighted by atomic mass is 19.1. The first-order chi connectivity index (χ1) is 14.1. The summed E-state index contributed by atoms with van der Waals surface area (Å²) in [5.41, 5.74) is 4.35. The number of rotatable bonds is 2. The summed E-state index contributed by atoms with van der Waals surface area (Å²) in [7, 11) is 0. The van der Waals surface area contributed by atoms with E-state index >= 15 is 0 Å². The van der Waals surface area contributed by atoms with E-state index in [1.54, 1.807) is 18.2 Å². The third-order valence-electron chi connectivity index (χ3n) is 8.16. The Labute approximate surface area is 175 Å². The van der Waals surface area contributed by atoms with Gasteiger partial charge in [-0.1, -0.05) is 32.9 Å². The smallest absolute Gasteiger partial charge is 0.237 e. The molecule has 1 aromatic heterocycles. The van der Waals surface area contributed by atoms with Crippen LogP contribution in [0.3, 0.4) is 0 Å². The minimum Gasteiger partial charge on any atom is -0.323 e. The average molecular weight is 404 g/mol. The van der Waals surface area contributed by atoms with Crippen molar-refractivity contribution in [2.45, 2.75) is 58.3 Å². The molecule has 0 saturated heterocycles. The summed E-state index contributed by atoms with van der Waals surface area (Å²) >= 11 is 0. The monoisotopic (exact) mass is 403 g/mol. The lowest BCUT2D eigenvalue weighted by Gasteiger charge is -2.39. The fourth-order valence-corrected chi connectivity index (χ4v) is 5.65. The molecule has 3 aromatic rings. The summed E-state index contributed by atoms with van der Waals surface area (Å²) in [4.78, 5) is 23.8. The fourth-order valence-electron chi connectivity index (χ4n) is 5.65. The van der Waals surface area contributed by atoms with Crippen molar-refractivity contribution in [2.24, 2.45) is 5.41 Å². The number of hydrogen-bond donors (Lipinski definition) is 1. The van der Waals surface area contributed by atoms with E-state index in [0.717, 1.165) is 34.4 Å². The molecule has 2 unspecified atom stereocenters. The molecule has 1 fully saturated rings. The van der Waals surface area contributed by atoms with Gasteiger partial charge in [0.2, 0.25) is 5.91 Å². The maximum Gasteiger partial charge on any atom is 0.237 e. The third-order valence-corrected chi connectivity index (χ3v) is 8.16. The Balaban J connectivity index is 1.73. The second-order valence-corrected chi connectivity index (χ2v) is 9.64. The van der Waals surface area contributed by atoms with Gasteiger partial charge in [0, 0.05) is 5.41 Å². The Hall–Kier alpha value is -2.82. The van der Waals surface area contributed by atoms with E-state index in [1.807, 2.05) is 6.07 Å². The van der Waals surface area contributed by atoms with E-state index in [1.165, 1.54) is 11.6 Å². The van der Waals surface area contributed by atoms with Gasteiger partial charge in [0.15, 0.2) is 0 Å². The minimum atomic E-state index is -0.848. The van der Waals surface area contributed by atoms with Gasteiger partial charge in [-0.05, 0) is 67.5 Å². The highest BCUT2D eigenvalue weighted by Crippen LogP contribution is 2.70. The van der Waals surface area contributed by atoms with E-state index in [4.69, 9.17) is 9.97 Å². The molecule has 2 aliphatic rings. The van der Waals surface area contributed by atoms with Crippen LogP contribution in [0.2, 0.25) is 0 Å². The van der Waals surface area contributed by atoms with Gasteiger partial charge in [-0.2, -0.15) is 0 Å². The number of amides is 1. The number of nitrogens with zero attached hydrogens (tertiary/aromatic N) is 2. The zero-order valence-corrected chi connectivity index (χ0v) is 18.1. The van der Waals surface area contributed by atoms with Gasteiger partial charge in [-0.15, -0.1) is 0 Å². The molecule has 0 aliphatic heterocycles. The van der Waals surface area contributed by atoms with Crippen LogP contribution in [0.1, 0.15) is 56.1 Å². The van der Waals surface area contributed by atoms with Crippen molar-refractivity contribution in [3.63, 3.8) is 0 Å². The van der Waals surface area contributed by atoms with Gasteiger partial charge in [0.05, 0.1) is 33.5 Å². The van der Waals surface area contributed by atoms with E-state index in [2.05, 4.69) is 46.0 Å². The molecule has 1 N–H and O–H groups in total. The molecule has 4 nitrogen and oxygen atoms in total. The maximum atomic E-state index is 14.3. The number of aryl methyl sites for hydroxylation is 2. The average Bonchev–Trinajstić information content (AvgIpc) is 2.99. The lowest BCUT2D eigenvalue weighted by Crippen LogP contribution is -2.48. The lowest BCUT2D eigenvalue weighted by atomic mass is 9.63. The zero-order valence-electron chi connectivity index (χ0n) is 18.1. The number of nitrogens with one attached hydrogen (secondary N) is 1. The molecule has 1 saturated carbocycles. The van der Waals surface area contributed by atoms with Crippen molar-refractivity contribution in [1.29, 1.82) is 0 Å². The normalized spacial score (nSPS) is 26.1. The zero-order chi connectivity index (χ0) is 21.5. The van der Waals surface area contributed by atoms with Crippen LogP contribution >= 0.6 is 0 Å². The van der Waals surface area contributed by atoms with Crippen LogP contribution in [-0.2, 0) is 15.6 Å². The van der Waals surface area contributed by atoms with Crippen LogP contribution in [0.25, 0.3) is 11.0 Å². The van der Waals surface area contributed by atoms with Crippen molar-refractivity contribution in [3.05, 3.63) is 64.7 Å². The molecular weight excluding hydrogens is 377 g/mol. The number of carbonyl (C=O) groups excluding carboxylic acids is 1. The molecule has 2 bridgehead atoms. The summed E-state index contributed by atoms with van der Waals surface area (Å²) in [6.45, 7) is 10.6. The Morgan fingerprint density at radius 2 is 1.57 bits per heavy atom. The quantitative estimate of drug-likeness (QED) is 0.627. The first-order valence-electron chi connectivity index (χ1n) is 10.5. The van der Waals surface area contributed by atoms with Crippen LogP contribution in [0, 0.1) is 25.1 Å². The van der Waals surface area contributed by atoms with Crippen molar-refractivity contribution >= 4 is 22.6 Å². The van der Waals surface area contributed by atoms with Crippen molar-refractivity contribution in [3.8, 4) is 0 Å². The van der Waals surface area contributed by atoms with E-state index in [-0.39, 0.29) is 17.0 Å². The van der Waals surface area contributed by atoms with Crippen LogP contribution in [0.5, 0.6) is 0 Å². The van der Waals surface area contributed by atoms with Gasteiger partial charge in [-0.3, -0.25) is 4.79 Å². The Morgan fingerprint density at radius 1 is 0.967 bits per heavy atom. The molecule has 5 rings (SSSR count). The number of anilines is 1. The Bertz CT molecular complexity index is 1230. The molecule has 30 heavy (non-hydrogen) atoms. The minimum absolute atomic E-state index is 0.197. The number of aromatic nitrogens is 2. The van der Waals surface area contributed by atoms with Crippen molar-refractivity contribution < 1.29 is 9.18 Å². The summed E-state index contributed by atoms with van der Waals surface area (Å²) in [6, 6.07) is 10.4. The van der Waals surface area contributed by atoms with Gasteiger partial charge >= 0.3 is 0 Å². The number of benzene rings is 2. The van der Waals surface area contributed by atoms with Crippen LogP contribution in [-0.4, -0.2) is 15.9 Å². The molecule has 2 aromatic carbocycles. The first kappa shape index (κ1) is 19.2. The topological polar surface area (TPSA) is 54.9 Å². The molecule has 1 amide bonds.